The summed E-state index contributed by atoms with van der Waals surface area (Å²) in [5, 5.41) is 8.70. The number of benzene rings is 1. The van der Waals surface area contributed by atoms with E-state index in [0.717, 1.165) is 61.7 Å². The maximum absolute atomic E-state index is 13.5. The summed E-state index contributed by atoms with van der Waals surface area (Å²) in [6.45, 7) is 3.07. The largest absolute Gasteiger partial charge is 0.342 e. The zero-order valence-electron chi connectivity index (χ0n) is 18.0. The van der Waals surface area contributed by atoms with E-state index in [9.17, 15) is 9.59 Å². The molecule has 0 bridgehead atoms. The fraction of sp³-hybridized carbons (Fsp3) is 0.417. The van der Waals surface area contributed by atoms with Crippen molar-refractivity contribution in [3.05, 3.63) is 60.0 Å². The second-order valence-corrected chi connectivity index (χ2v) is 9.47. The molecule has 2 aromatic heterocycles. The molecule has 166 valence electrons. The van der Waals surface area contributed by atoms with E-state index >= 15 is 0 Å². The Morgan fingerprint density at radius 2 is 1.72 bits per heavy atom. The van der Waals surface area contributed by atoms with E-state index < -0.39 is 0 Å². The van der Waals surface area contributed by atoms with Gasteiger partial charge in [0.05, 0.1) is 11.3 Å². The van der Waals surface area contributed by atoms with Gasteiger partial charge in [-0.3, -0.25) is 14.0 Å². The molecule has 4 heterocycles. The molecule has 2 aliphatic rings. The number of fused-ring (bicyclic) bond motifs is 1. The first-order valence-electron chi connectivity index (χ1n) is 11.3. The van der Waals surface area contributed by atoms with E-state index in [1.165, 1.54) is 11.8 Å². The molecule has 0 aliphatic carbocycles. The van der Waals surface area contributed by atoms with Gasteiger partial charge in [-0.25, -0.2) is 0 Å². The number of nitrogens with zero attached hydrogens (tertiary/aromatic N) is 5. The second kappa shape index (κ2) is 9.32. The summed E-state index contributed by atoms with van der Waals surface area (Å²) in [5.74, 6) is 1.63. The number of carbonyl (C=O) groups excluding carboxylic acids is 2. The van der Waals surface area contributed by atoms with Crippen LogP contribution in [0, 0.1) is 0 Å². The first-order chi connectivity index (χ1) is 15.7. The lowest BCUT2D eigenvalue weighted by Crippen LogP contribution is -2.39. The van der Waals surface area contributed by atoms with Crippen LogP contribution >= 0.6 is 11.8 Å². The monoisotopic (exact) mass is 449 g/mol. The zero-order valence-corrected chi connectivity index (χ0v) is 18.8. The molecule has 0 N–H and O–H groups in total. The Labute approximate surface area is 191 Å². The van der Waals surface area contributed by atoms with Crippen molar-refractivity contribution < 1.29 is 9.59 Å². The highest BCUT2D eigenvalue weighted by Crippen LogP contribution is 2.30. The number of amides is 2. The van der Waals surface area contributed by atoms with Crippen molar-refractivity contribution >= 4 is 29.2 Å². The van der Waals surface area contributed by atoms with Gasteiger partial charge in [-0.05, 0) is 49.9 Å². The van der Waals surface area contributed by atoms with Gasteiger partial charge in [-0.1, -0.05) is 18.2 Å². The van der Waals surface area contributed by atoms with Gasteiger partial charge in [0.15, 0.2) is 5.65 Å². The molecule has 2 amide bonds. The summed E-state index contributed by atoms with van der Waals surface area (Å²) >= 11 is 1.47. The fourth-order valence-electron chi connectivity index (χ4n) is 4.65. The van der Waals surface area contributed by atoms with Crippen LogP contribution in [0.15, 0.2) is 53.6 Å². The van der Waals surface area contributed by atoms with Gasteiger partial charge in [0, 0.05) is 43.2 Å². The van der Waals surface area contributed by atoms with Crippen molar-refractivity contribution in [2.45, 2.75) is 36.5 Å². The minimum absolute atomic E-state index is 0.0280. The summed E-state index contributed by atoms with van der Waals surface area (Å²) in [7, 11) is 0. The average molecular weight is 450 g/mol. The third-order valence-electron chi connectivity index (χ3n) is 6.34. The van der Waals surface area contributed by atoms with Crippen molar-refractivity contribution in [3.8, 4) is 0 Å². The number of thioether (sulfide) groups is 1. The molecule has 1 aromatic carbocycles. The van der Waals surface area contributed by atoms with E-state index in [-0.39, 0.29) is 17.7 Å². The molecule has 1 atom stereocenters. The number of aromatic nitrogens is 3. The average Bonchev–Trinajstić information content (AvgIpc) is 3.53. The van der Waals surface area contributed by atoms with Crippen molar-refractivity contribution in [2.24, 2.45) is 0 Å². The SMILES string of the molecule is O=C(CSc1ccccc1C(=O)N1CCCC(c2nnc3ccccn23)C1)N1CCCC1. The molecule has 0 radical (unpaired) electrons. The summed E-state index contributed by atoms with van der Waals surface area (Å²) < 4.78 is 2.02. The quantitative estimate of drug-likeness (QED) is 0.558. The van der Waals surface area contributed by atoms with Crippen molar-refractivity contribution in [2.75, 3.05) is 31.9 Å². The highest BCUT2D eigenvalue weighted by molar-refractivity contribution is 8.00. The van der Waals surface area contributed by atoms with Crippen LogP contribution < -0.4 is 0 Å². The number of hydrogen-bond donors (Lipinski definition) is 0. The lowest BCUT2D eigenvalue weighted by Gasteiger charge is -2.32. The molecule has 32 heavy (non-hydrogen) atoms. The predicted octanol–water partition coefficient (Wildman–Crippen LogP) is 3.46. The summed E-state index contributed by atoms with van der Waals surface area (Å²) in [5.41, 5.74) is 1.51. The van der Waals surface area contributed by atoms with Crippen molar-refractivity contribution in [1.29, 1.82) is 0 Å². The van der Waals surface area contributed by atoms with Gasteiger partial charge >= 0.3 is 0 Å². The molecule has 8 heteroatoms. The molecule has 2 fully saturated rings. The van der Waals surface area contributed by atoms with E-state index in [1.54, 1.807) is 0 Å². The van der Waals surface area contributed by atoms with Crippen LogP contribution in [-0.4, -0.2) is 68.1 Å². The number of pyridine rings is 1. The molecule has 7 nitrogen and oxygen atoms in total. The van der Waals surface area contributed by atoms with Crippen LogP contribution in [0.25, 0.3) is 5.65 Å². The first kappa shape index (κ1) is 21.0. The van der Waals surface area contributed by atoms with Gasteiger partial charge in [0.25, 0.3) is 5.91 Å². The van der Waals surface area contributed by atoms with Crippen LogP contribution in [0.1, 0.15) is 47.8 Å². The van der Waals surface area contributed by atoms with Gasteiger partial charge in [0.1, 0.15) is 5.82 Å². The van der Waals surface area contributed by atoms with Crippen LogP contribution in [-0.2, 0) is 4.79 Å². The van der Waals surface area contributed by atoms with Gasteiger partial charge in [-0.2, -0.15) is 0 Å². The maximum Gasteiger partial charge on any atom is 0.255 e. The zero-order chi connectivity index (χ0) is 21.9. The summed E-state index contributed by atoms with van der Waals surface area (Å²) in [6.07, 6.45) is 6.07. The molecular formula is C24H27N5O2S. The van der Waals surface area contributed by atoms with E-state index in [0.29, 0.717) is 17.9 Å². The van der Waals surface area contributed by atoms with E-state index in [4.69, 9.17) is 0 Å². The Bertz CT molecular complexity index is 1120. The topological polar surface area (TPSA) is 70.8 Å². The molecule has 3 aromatic rings. The third kappa shape index (κ3) is 4.24. The third-order valence-corrected chi connectivity index (χ3v) is 7.40. The Kier molecular flexibility index (Phi) is 6.12. The van der Waals surface area contributed by atoms with Gasteiger partial charge in [-0.15, -0.1) is 22.0 Å². The normalized spacial score (nSPS) is 18.9. The molecule has 0 saturated carbocycles. The lowest BCUT2D eigenvalue weighted by molar-refractivity contribution is -0.127. The van der Waals surface area contributed by atoms with Crippen molar-refractivity contribution in [3.63, 3.8) is 0 Å². The highest BCUT2D eigenvalue weighted by Gasteiger charge is 2.29. The Hall–Kier alpha value is -2.87. The predicted molar refractivity (Wildman–Crippen MR) is 124 cm³/mol. The minimum atomic E-state index is 0.0280. The molecule has 0 spiro atoms. The lowest BCUT2D eigenvalue weighted by atomic mass is 9.96. The first-order valence-corrected chi connectivity index (χ1v) is 12.3. The fourth-order valence-corrected chi connectivity index (χ4v) is 5.59. The minimum Gasteiger partial charge on any atom is -0.342 e. The Morgan fingerprint density at radius 3 is 2.59 bits per heavy atom. The molecular weight excluding hydrogens is 422 g/mol. The molecule has 2 aliphatic heterocycles. The Balaban J connectivity index is 1.30. The maximum atomic E-state index is 13.5. The van der Waals surface area contributed by atoms with E-state index in [2.05, 4.69) is 10.2 Å². The van der Waals surface area contributed by atoms with Gasteiger partial charge in [0.2, 0.25) is 5.91 Å². The number of hydrogen-bond acceptors (Lipinski definition) is 5. The summed E-state index contributed by atoms with van der Waals surface area (Å²) in [4.78, 5) is 30.7. The smallest absolute Gasteiger partial charge is 0.255 e. The molecule has 1 unspecified atom stereocenters. The number of likely N-dealkylation sites (tertiary alicyclic amines) is 2. The van der Waals surface area contributed by atoms with Crippen LogP contribution in [0.3, 0.4) is 0 Å². The summed E-state index contributed by atoms with van der Waals surface area (Å²) in [6, 6.07) is 13.5. The van der Waals surface area contributed by atoms with Crippen molar-refractivity contribution in [1.82, 2.24) is 24.4 Å². The second-order valence-electron chi connectivity index (χ2n) is 8.45. The number of carbonyl (C=O) groups is 2. The molecule has 2 saturated heterocycles. The number of piperidine rings is 1. The Morgan fingerprint density at radius 1 is 0.938 bits per heavy atom. The van der Waals surface area contributed by atoms with E-state index in [1.807, 2.05) is 62.9 Å². The number of rotatable bonds is 5. The van der Waals surface area contributed by atoms with Crippen LogP contribution in [0.2, 0.25) is 0 Å². The standard InChI is InChI=1S/C24H27N5O2S/c30-22(27-12-5-6-13-27)17-32-20-10-2-1-9-19(20)24(31)28-14-7-8-18(16-28)23-26-25-21-11-3-4-15-29(21)23/h1-4,9-11,15,18H,5-8,12-14,16-17H2. The van der Waals surface area contributed by atoms with Crippen LogP contribution in [0.4, 0.5) is 0 Å². The molecule has 5 rings (SSSR count). The van der Waals surface area contributed by atoms with Gasteiger partial charge < -0.3 is 9.80 Å². The highest BCUT2D eigenvalue weighted by atomic mass is 32.2. The van der Waals surface area contributed by atoms with Crippen LogP contribution in [0.5, 0.6) is 0 Å².